The van der Waals surface area contributed by atoms with Gasteiger partial charge in [-0.15, -0.1) is 0 Å². The van der Waals surface area contributed by atoms with Crippen molar-refractivity contribution in [3.05, 3.63) is 0 Å². The molecule has 1 saturated carbocycles. The highest BCUT2D eigenvalue weighted by Gasteiger charge is 2.47. The number of nitrogens with one attached hydrogen (secondary N) is 3. The smallest absolute Gasteiger partial charge is 0.303 e. The fourth-order valence-corrected chi connectivity index (χ4v) is 3.90. The lowest BCUT2D eigenvalue weighted by atomic mass is 9.84. The highest BCUT2D eigenvalue weighted by Crippen LogP contribution is 2.28. The normalized spacial score (nSPS) is 28.2. The zero-order valence-electron chi connectivity index (χ0n) is 20.7. The van der Waals surface area contributed by atoms with Crippen molar-refractivity contribution in [1.29, 1.82) is 0 Å². The highest BCUT2D eigenvalue weighted by molar-refractivity contribution is 5.92. The lowest BCUT2D eigenvalue weighted by molar-refractivity contribution is -0.266. The van der Waals surface area contributed by atoms with Gasteiger partial charge >= 0.3 is 5.97 Å². The summed E-state index contributed by atoms with van der Waals surface area (Å²) in [6, 6.07) is -3.69. The Hall–Kier alpha value is -2.85. The number of rotatable bonds is 13. The maximum absolute atomic E-state index is 12.7. The first kappa shape index (κ1) is 30.4. The van der Waals surface area contributed by atoms with Gasteiger partial charge in [-0.1, -0.05) is 6.42 Å². The third-order valence-corrected chi connectivity index (χ3v) is 6.45. The van der Waals surface area contributed by atoms with Crippen LogP contribution in [0.15, 0.2) is 0 Å². The van der Waals surface area contributed by atoms with Crippen molar-refractivity contribution in [2.45, 2.75) is 94.8 Å². The number of amides is 4. The summed E-state index contributed by atoms with van der Waals surface area (Å²) in [4.78, 5) is 59.8. The largest absolute Gasteiger partial charge is 0.481 e. The Bertz CT molecular complexity index is 852. The summed E-state index contributed by atoms with van der Waals surface area (Å²) < 4.78 is 10.9. The first-order chi connectivity index (χ1) is 17.3. The molecule has 1 aliphatic heterocycles. The zero-order valence-corrected chi connectivity index (χ0v) is 20.7. The van der Waals surface area contributed by atoms with Crippen LogP contribution in [-0.2, 0) is 33.4 Å². The maximum atomic E-state index is 12.7. The molecule has 0 spiro atoms. The predicted molar refractivity (Wildman–Crippen MR) is 123 cm³/mol. The SMILES string of the molecule is C[C@H](NC(=O)[C@@H](C)O[C@H]1[C@H](O)[C@@H](CO)OC(O)[C@@H]1NC(=O)C1CCC1)C(=O)N[C@H](CCC(=O)O)C(N)=O. The molecule has 0 aromatic rings. The zero-order chi connectivity index (χ0) is 27.9. The number of aliphatic hydroxyl groups excluding tert-OH is 3. The second-order valence-corrected chi connectivity index (χ2v) is 9.27. The molecule has 0 aromatic heterocycles. The molecule has 0 bridgehead atoms. The summed E-state index contributed by atoms with van der Waals surface area (Å²) in [5, 5.41) is 46.5. The maximum Gasteiger partial charge on any atom is 0.303 e. The number of primary amides is 1. The van der Waals surface area contributed by atoms with Crippen molar-refractivity contribution in [3.8, 4) is 0 Å². The Labute approximate surface area is 213 Å². The fourth-order valence-electron chi connectivity index (χ4n) is 3.90. The van der Waals surface area contributed by atoms with Gasteiger partial charge in [0.15, 0.2) is 6.29 Å². The Morgan fingerprint density at radius 3 is 2.24 bits per heavy atom. The molecular formula is C22H36N4O11. The van der Waals surface area contributed by atoms with E-state index in [1.807, 2.05) is 0 Å². The van der Waals surface area contributed by atoms with Gasteiger partial charge in [0, 0.05) is 12.3 Å². The van der Waals surface area contributed by atoms with Crippen molar-refractivity contribution < 1.29 is 53.9 Å². The van der Waals surface area contributed by atoms with Crippen LogP contribution in [0.3, 0.4) is 0 Å². The topological polar surface area (TPSA) is 247 Å². The molecule has 1 heterocycles. The van der Waals surface area contributed by atoms with Gasteiger partial charge in [0.05, 0.1) is 6.61 Å². The number of nitrogens with two attached hydrogens (primary N) is 1. The highest BCUT2D eigenvalue weighted by atomic mass is 16.6. The minimum atomic E-state index is -1.63. The van der Waals surface area contributed by atoms with E-state index in [0.717, 1.165) is 6.42 Å². The Morgan fingerprint density at radius 1 is 1.08 bits per heavy atom. The number of hydrogen-bond acceptors (Lipinski definition) is 10. The molecule has 1 aliphatic carbocycles. The lowest BCUT2D eigenvalue weighted by Crippen LogP contribution is -2.66. The summed E-state index contributed by atoms with van der Waals surface area (Å²) in [7, 11) is 0. The molecule has 15 heteroatoms. The molecule has 0 radical (unpaired) electrons. The van der Waals surface area contributed by atoms with E-state index in [1.165, 1.54) is 13.8 Å². The van der Waals surface area contributed by atoms with Gasteiger partial charge in [0.2, 0.25) is 23.6 Å². The van der Waals surface area contributed by atoms with Crippen LogP contribution in [0.2, 0.25) is 0 Å². The minimum Gasteiger partial charge on any atom is -0.481 e. The average molecular weight is 533 g/mol. The van der Waals surface area contributed by atoms with Crippen LogP contribution < -0.4 is 21.7 Å². The number of aliphatic carboxylic acids is 1. The molecule has 1 unspecified atom stereocenters. The lowest BCUT2D eigenvalue weighted by Gasteiger charge is -2.44. The summed E-state index contributed by atoms with van der Waals surface area (Å²) in [6.07, 6.45) is -5.44. The molecule has 8 atom stereocenters. The third kappa shape index (κ3) is 8.33. The van der Waals surface area contributed by atoms with E-state index in [4.69, 9.17) is 20.3 Å². The van der Waals surface area contributed by atoms with Crippen LogP contribution in [0.5, 0.6) is 0 Å². The molecule has 2 rings (SSSR count). The van der Waals surface area contributed by atoms with Crippen molar-refractivity contribution in [2.24, 2.45) is 11.7 Å². The van der Waals surface area contributed by atoms with E-state index in [0.29, 0.717) is 12.8 Å². The van der Waals surface area contributed by atoms with E-state index < -0.39 is 85.5 Å². The average Bonchev–Trinajstić information content (AvgIpc) is 2.78. The summed E-state index contributed by atoms with van der Waals surface area (Å²) in [5.74, 6) is -4.34. The van der Waals surface area contributed by atoms with Gasteiger partial charge in [0.25, 0.3) is 0 Å². The van der Waals surface area contributed by atoms with Crippen LogP contribution in [0.1, 0.15) is 46.0 Å². The van der Waals surface area contributed by atoms with Crippen LogP contribution in [0, 0.1) is 5.92 Å². The number of carboxylic acid groups (broad SMARTS) is 1. The van der Waals surface area contributed by atoms with Gasteiger partial charge in [-0.05, 0) is 33.1 Å². The summed E-state index contributed by atoms with van der Waals surface area (Å²) >= 11 is 0. The number of carbonyl (C=O) groups is 5. The van der Waals surface area contributed by atoms with Crippen molar-refractivity contribution in [3.63, 3.8) is 0 Å². The second kappa shape index (κ2) is 13.6. The van der Waals surface area contributed by atoms with E-state index in [-0.39, 0.29) is 18.2 Å². The second-order valence-electron chi connectivity index (χ2n) is 9.27. The summed E-state index contributed by atoms with van der Waals surface area (Å²) in [5.41, 5.74) is 5.19. The van der Waals surface area contributed by atoms with Crippen LogP contribution >= 0.6 is 0 Å². The van der Waals surface area contributed by atoms with Crippen molar-refractivity contribution >= 4 is 29.6 Å². The first-order valence-electron chi connectivity index (χ1n) is 12.1. The van der Waals surface area contributed by atoms with Gasteiger partial charge < -0.3 is 51.6 Å². The molecule has 37 heavy (non-hydrogen) atoms. The standard InChI is InChI=1S/C22H36N4O11/c1-9(19(32)25-12(18(23)31)6-7-14(28)29)24-20(33)10(2)36-17-15(26-21(34)11-4-3-5-11)22(35)37-13(8-27)16(17)30/h9-13,15-17,22,27,30,35H,3-8H2,1-2H3,(H2,23,31)(H,24,33)(H,25,32)(H,26,34)(H,28,29)/t9-,10+,12+,13+,15+,16+,17+,22?/m0/s1. The Kier molecular flexibility index (Phi) is 11.2. The fraction of sp³-hybridized carbons (Fsp3) is 0.773. The molecule has 2 aliphatic rings. The van der Waals surface area contributed by atoms with Gasteiger partial charge in [-0.3, -0.25) is 24.0 Å². The molecular weight excluding hydrogens is 496 g/mol. The van der Waals surface area contributed by atoms with Gasteiger partial charge in [0.1, 0.15) is 42.5 Å². The molecule has 4 amide bonds. The molecule has 210 valence electrons. The van der Waals surface area contributed by atoms with Crippen LogP contribution in [0.25, 0.3) is 0 Å². The first-order valence-corrected chi connectivity index (χ1v) is 12.1. The molecule has 9 N–H and O–H groups in total. The van der Waals surface area contributed by atoms with E-state index >= 15 is 0 Å². The van der Waals surface area contributed by atoms with Gasteiger partial charge in [-0.25, -0.2) is 0 Å². The monoisotopic (exact) mass is 532 g/mol. The van der Waals surface area contributed by atoms with Crippen LogP contribution in [-0.4, -0.2) is 105 Å². The number of aliphatic hydroxyl groups is 3. The predicted octanol–water partition coefficient (Wildman–Crippen LogP) is -3.54. The van der Waals surface area contributed by atoms with Crippen molar-refractivity contribution in [1.82, 2.24) is 16.0 Å². The third-order valence-electron chi connectivity index (χ3n) is 6.45. The number of carbonyl (C=O) groups excluding carboxylic acids is 4. The molecule has 0 aromatic carbocycles. The van der Waals surface area contributed by atoms with Crippen LogP contribution in [0.4, 0.5) is 0 Å². The molecule has 15 nitrogen and oxygen atoms in total. The number of ether oxygens (including phenoxy) is 2. The van der Waals surface area contributed by atoms with E-state index in [2.05, 4.69) is 16.0 Å². The quantitative estimate of drug-likeness (QED) is 0.115. The minimum absolute atomic E-state index is 0.236. The Balaban J connectivity index is 2.01. The number of carboxylic acids is 1. The van der Waals surface area contributed by atoms with Crippen molar-refractivity contribution in [2.75, 3.05) is 6.61 Å². The summed E-state index contributed by atoms with van der Waals surface area (Å²) in [6.45, 7) is 1.96. The van der Waals surface area contributed by atoms with E-state index in [9.17, 15) is 39.3 Å². The Morgan fingerprint density at radius 2 is 1.73 bits per heavy atom. The van der Waals surface area contributed by atoms with Gasteiger partial charge in [-0.2, -0.15) is 0 Å². The molecule has 1 saturated heterocycles. The van der Waals surface area contributed by atoms with E-state index in [1.54, 1.807) is 0 Å². The number of hydrogen-bond donors (Lipinski definition) is 8. The molecule has 2 fully saturated rings.